The molecule has 1 aromatic rings. The highest BCUT2D eigenvalue weighted by molar-refractivity contribution is 5.92. The van der Waals surface area contributed by atoms with Gasteiger partial charge in [-0.25, -0.2) is 4.79 Å². The van der Waals surface area contributed by atoms with Crippen molar-refractivity contribution in [2.75, 3.05) is 26.2 Å². The van der Waals surface area contributed by atoms with Crippen molar-refractivity contribution in [2.24, 2.45) is 0 Å². The molecule has 1 N–H and O–H groups in total. The van der Waals surface area contributed by atoms with Crippen molar-refractivity contribution in [3.8, 4) is 0 Å². The van der Waals surface area contributed by atoms with Gasteiger partial charge in [-0.05, 0) is 19.9 Å². The Labute approximate surface area is 127 Å². The van der Waals surface area contributed by atoms with Crippen molar-refractivity contribution in [3.05, 3.63) is 28.0 Å². The minimum absolute atomic E-state index is 0.0517. The van der Waals surface area contributed by atoms with Crippen LogP contribution in [0.2, 0.25) is 0 Å². The van der Waals surface area contributed by atoms with Crippen LogP contribution in [0.25, 0.3) is 0 Å². The summed E-state index contributed by atoms with van der Waals surface area (Å²) in [5.41, 5.74) is 0. The van der Waals surface area contributed by atoms with Gasteiger partial charge < -0.3 is 19.5 Å². The summed E-state index contributed by atoms with van der Waals surface area (Å²) in [5.74, 6) is -0.929. The first-order valence-corrected chi connectivity index (χ1v) is 6.97. The molecule has 0 saturated carbocycles. The van der Waals surface area contributed by atoms with Crippen molar-refractivity contribution in [3.63, 3.8) is 0 Å². The van der Waals surface area contributed by atoms with Gasteiger partial charge in [0, 0.05) is 32.2 Å². The summed E-state index contributed by atoms with van der Waals surface area (Å²) in [6.07, 6.45) is 0. The van der Waals surface area contributed by atoms with Gasteiger partial charge in [-0.15, -0.1) is 0 Å². The summed E-state index contributed by atoms with van der Waals surface area (Å²) in [5, 5.41) is 13.3. The summed E-state index contributed by atoms with van der Waals surface area (Å²) in [6, 6.07) is 2.34. The van der Waals surface area contributed by atoms with E-state index in [1.807, 2.05) is 13.8 Å². The molecular weight excluding hydrogens is 292 g/mol. The number of hydrogen-bond donors (Lipinski definition) is 1. The zero-order valence-electron chi connectivity index (χ0n) is 12.4. The molecule has 0 unspecified atom stereocenters. The molecule has 2 heterocycles. The minimum Gasteiger partial charge on any atom is -0.395 e. The second kappa shape index (κ2) is 6.46. The fourth-order valence-corrected chi connectivity index (χ4v) is 2.15. The van der Waals surface area contributed by atoms with Crippen LogP contribution < -0.4 is 5.32 Å². The third-order valence-corrected chi connectivity index (χ3v) is 3.25. The van der Waals surface area contributed by atoms with E-state index in [1.165, 1.54) is 11.0 Å². The summed E-state index contributed by atoms with van der Waals surface area (Å²) >= 11 is 0. The van der Waals surface area contributed by atoms with Gasteiger partial charge in [0.25, 0.3) is 5.91 Å². The number of furan rings is 1. The van der Waals surface area contributed by atoms with Crippen molar-refractivity contribution >= 4 is 17.8 Å². The van der Waals surface area contributed by atoms with Crippen LogP contribution in [0.15, 0.2) is 16.5 Å². The summed E-state index contributed by atoms with van der Waals surface area (Å²) < 4.78 is 4.90. The molecule has 1 aromatic heterocycles. The molecule has 1 fully saturated rings. The smallest absolute Gasteiger partial charge is 0.395 e. The number of urea groups is 1. The fourth-order valence-electron chi connectivity index (χ4n) is 2.15. The van der Waals surface area contributed by atoms with Crippen molar-refractivity contribution in [2.45, 2.75) is 19.9 Å². The second-order valence-electron chi connectivity index (χ2n) is 5.28. The number of amides is 3. The minimum atomic E-state index is -0.690. The van der Waals surface area contributed by atoms with E-state index in [4.69, 9.17) is 4.42 Å². The number of carbonyl (C=O) groups excluding carboxylic acids is 2. The van der Waals surface area contributed by atoms with Crippen molar-refractivity contribution in [1.29, 1.82) is 0 Å². The molecule has 1 aliphatic rings. The van der Waals surface area contributed by atoms with Crippen LogP contribution in [-0.4, -0.2) is 58.9 Å². The zero-order chi connectivity index (χ0) is 16.3. The number of rotatable bonds is 3. The number of piperazine rings is 1. The lowest BCUT2D eigenvalue weighted by atomic mass is 10.3. The van der Waals surface area contributed by atoms with Crippen LogP contribution in [0.1, 0.15) is 24.4 Å². The number of carbonyl (C=O) groups is 2. The van der Waals surface area contributed by atoms with Crippen LogP contribution in [-0.2, 0) is 0 Å². The Bertz CT molecular complexity index is 575. The van der Waals surface area contributed by atoms with E-state index in [0.717, 1.165) is 6.07 Å². The number of hydrogen-bond acceptors (Lipinski definition) is 5. The topological polar surface area (TPSA) is 109 Å². The third-order valence-electron chi connectivity index (χ3n) is 3.25. The van der Waals surface area contributed by atoms with E-state index in [9.17, 15) is 19.7 Å². The molecule has 120 valence electrons. The predicted octanol–water partition coefficient (Wildman–Crippen LogP) is 1.06. The van der Waals surface area contributed by atoms with Gasteiger partial charge >= 0.3 is 11.9 Å². The Morgan fingerprint density at radius 2 is 1.82 bits per heavy atom. The fraction of sp³-hybridized carbons (Fsp3) is 0.538. The van der Waals surface area contributed by atoms with Gasteiger partial charge in [-0.2, -0.15) is 0 Å². The highest BCUT2D eigenvalue weighted by Crippen LogP contribution is 2.18. The average Bonchev–Trinajstić information content (AvgIpc) is 2.96. The molecular formula is C13H18N4O5. The van der Waals surface area contributed by atoms with Crippen LogP contribution in [0.3, 0.4) is 0 Å². The van der Waals surface area contributed by atoms with E-state index in [2.05, 4.69) is 5.32 Å². The number of nitrogens with one attached hydrogen (secondary N) is 1. The lowest BCUT2D eigenvalue weighted by molar-refractivity contribution is -0.402. The maximum atomic E-state index is 12.2. The standard InChI is InChI=1S/C13H18N4O5/c1-9(2)14-13(19)16-7-5-15(6-8-16)12(18)10-3-4-11(22-10)17(20)21/h3-4,9H,5-8H2,1-2H3,(H,14,19). The summed E-state index contributed by atoms with van der Waals surface area (Å²) in [7, 11) is 0. The quantitative estimate of drug-likeness (QED) is 0.663. The lowest BCUT2D eigenvalue weighted by Gasteiger charge is -2.34. The molecule has 22 heavy (non-hydrogen) atoms. The van der Waals surface area contributed by atoms with Gasteiger partial charge in [-0.1, -0.05) is 0 Å². The van der Waals surface area contributed by atoms with Crippen molar-refractivity contribution in [1.82, 2.24) is 15.1 Å². The first-order valence-electron chi connectivity index (χ1n) is 6.97. The van der Waals surface area contributed by atoms with E-state index in [0.29, 0.717) is 26.2 Å². The number of nitrogens with zero attached hydrogens (tertiary/aromatic N) is 3. The molecule has 1 aliphatic heterocycles. The first-order chi connectivity index (χ1) is 10.4. The zero-order valence-corrected chi connectivity index (χ0v) is 12.4. The molecule has 0 bridgehead atoms. The monoisotopic (exact) mass is 310 g/mol. The maximum Gasteiger partial charge on any atom is 0.433 e. The Morgan fingerprint density at radius 3 is 2.32 bits per heavy atom. The molecule has 0 radical (unpaired) electrons. The SMILES string of the molecule is CC(C)NC(=O)N1CCN(C(=O)c2ccc([N+](=O)[O-])o2)CC1. The summed E-state index contributed by atoms with van der Waals surface area (Å²) in [6.45, 7) is 5.29. The van der Waals surface area contributed by atoms with E-state index in [-0.39, 0.29) is 17.8 Å². The molecule has 0 aromatic carbocycles. The summed E-state index contributed by atoms with van der Waals surface area (Å²) in [4.78, 5) is 37.0. The predicted molar refractivity (Wildman–Crippen MR) is 76.5 cm³/mol. The molecule has 1 saturated heterocycles. The van der Waals surface area contributed by atoms with E-state index < -0.39 is 16.7 Å². The molecule has 9 heteroatoms. The number of nitro groups is 1. The van der Waals surface area contributed by atoms with Gasteiger partial charge in [0.15, 0.2) is 5.76 Å². The van der Waals surface area contributed by atoms with Crippen LogP contribution in [0, 0.1) is 10.1 Å². The molecule has 0 spiro atoms. The molecule has 3 amide bonds. The van der Waals surface area contributed by atoms with Crippen LogP contribution in [0.4, 0.5) is 10.7 Å². The Hall–Kier alpha value is -2.58. The largest absolute Gasteiger partial charge is 0.433 e. The van der Waals surface area contributed by atoms with E-state index in [1.54, 1.807) is 4.90 Å². The molecule has 9 nitrogen and oxygen atoms in total. The molecule has 0 atom stereocenters. The van der Waals surface area contributed by atoms with Gasteiger partial charge in [0.05, 0.1) is 6.07 Å². The maximum absolute atomic E-state index is 12.2. The van der Waals surface area contributed by atoms with Gasteiger partial charge in [0.2, 0.25) is 0 Å². The Morgan fingerprint density at radius 1 is 1.23 bits per heavy atom. The van der Waals surface area contributed by atoms with Crippen molar-refractivity contribution < 1.29 is 18.9 Å². The second-order valence-corrected chi connectivity index (χ2v) is 5.28. The molecule has 0 aliphatic carbocycles. The average molecular weight is 310 g/mol. The van der Waals surface area contributed by atoms with Crippen LogP contribution >= 0.6 is 0 Å². The lowest BCUT2D eigenvalue weighted by Crippen LogP contribution is -2.54. The highest BCUT2D eigenvalue weighted by Gasteiger charge is 2.27. The Kier molecular flexibility index (Phi) is 4.64. The third kappa shape index (κ3) is 3.54. The highest BCUT2D eigenvalue weighted by atomic mass is 16.6. The van der Waals surface area contributed by atoms with Gasteiger partial charge in [-0.3, -0.25) is 14.9 Å². The van der Waals surface area contributed by atoms with Crippen LogP contribution in [0.5, 0.6) is 0 Å². The normalized spacial score (nSPS) is 15.0. The molecule has 2 rings (SSSR count). The first kappa shape index (κ1) is 15.8. The van der Waals surface area contributed by atoms with Gasteiger partial charge in [0.1, 0.15) is 4.92 Å². The Balaban J connectivity index is 1.92. The van der Waals surface area contributed by atoms with E-state index >= 15 is 0 Å².